The van der Waals surface area contributed by atoms with Gasteiger partial charge in [-0.25, -0.2) is 0 Å². The van der Waals surface area contributed by atoms with Gasteiger partial charge in [0.05, 0.1) is 7.11 Å². The van der Waals surface area contributed by atoms with Crippen LogP contribution in [0.3, 0.4) is 0 Å². The highest BCUT2D eigenvalue weighted by Gasteiger charge is 2.22. The van der Waals surface area contributed by atoms with Gasteiger partial charge in [-0.15, -0.1) is 0 Å². The van der Waals surface area contributed by atoms with Crippen LogP contribution in [0.15, 0.2) is 29.4 Å². The Morgan fingerprint density at radius 1 is 1.52 bits per heavy atom. The maximum absolute atomic E-state index is 11.7. The molecule has 1 saturated heterocycles. The topological polar surface area (TPSA) is 63.2 Å². The van der Waals surface area contributed by atoms with Gasteiger partial charge in [0.25, 0.3) is 5.91 Å². The van der Waals surface area contributed by atoms with Gasteiger partial charge in [-0.05, 0) is 43.6 Å². The summed E-state index contributed by atoms with van der Waals surface area (Å²) >= 11 is 0. The van der Waals surface area contributed by atoms with Crippen molar-refractivity contribution in [2.75, 3.05) is 26.7 Å². The molecular formula is C17H25N3O3. The summed E-state index contributed by atoms with van der Waals surface area (Å²) in [6, 6.07) is 7.97. The van der Waals surface area contributed by atoms with E-state index in [0.717, 1.165) is 30.8 Å². The van der Waals surface area contributed by atoms with Gasteiger partial charge in [-0.2, -0.15) is 0 Å². The second-order valence-corrected chi connectivity index (χ2v) is 5.53. The lowest BCUT2D eigenvalue weighted by atomic mass is 10.2. The van der Waals surface area contributed by atoms with Crippen molar-refractivity contribution in [2.45, 2.75) is 32.4 Å². The standard InChI is InChI=1S/C17H25N3O3/c1-3-20-9-5-7-15(20)11-18-17(21)12-19-23-13-14-6-4-8-16(10-14)22-2/h4,6,8,10,12,15H,3,5,7,9,11,13H2,1-2H3,(H,18,21)/b19-12+/t15-/m0/s1. The van der Waals surface area contributed by atoms with E-state index in [1.54, 1.807) is 7.11 Å². The predicted octanol–water partition coefficient (Wildman–Crippen LogP) is 1.80. The van der Waals surface area contributed by atoms with Gasteiger partial charge < -0.3 is 14.9 Å². The Balaban J connectivity index is 1.67. The molecule has 1 N–H and O–H groups in total. The van der Waals surface area contributed by atoms with Crippen molar-refractivity contribution in [2.24, 2.45) is 5.16 Å². The molecule has 0 spiro atoms. The van der Waals surface area contributed by atoms with Gasteiger partial charge in [-0.3, -0.25) is 9.69 Å². The Bertz CT molecular complexity index is 534. The lowest BCUT2D eigenvalue weighted by molar-refractivity contribution is -0.114. The van der Waals surface area contributed by atoms with Crippen LogP contribution in [0.2, 0.25) is 0 Å². The molecule has 0 aromatic heterocycles. The van der Waals surface area contributed by atoms with Crippen molar-refractivity contribution < 1.29 is 14.4 Å². The summed E-state index contributed by atoms with van der Waals surface area (Å²) in [6.07, 6.45) is 3.52. The highest BCUT2D eigenvalue weighted by atomic mass is 16.6. The Kier molecular flexibility index (Phi) is 6.87. The number of carbonyl (C=O) groups excluding carboxylic acids is 1. The van der Waals surface area contributed by atoms with Gasteiger partial charge in [-0.1, -0.05) is 24.2 Å². The lowest BCUT2D eigenvalue weighted by Gasteiger charge is -2.22. The summed E-state index contributed by atoms with van der Waals surface area (Å²) in [6.45, 7) is 5.25. The molecule has 0 bridgehead atoms. The Labute approximate surface area is 137 Å². The minimum Gasteiger partial charge on any atom is -0.497 e. The number of methoxy groups -OCH3 is 1. The minimum atomic E-state index is -0.224. The molecule has 0 radical (unpaired) electrons. The number of likely N-dealkylation sites (N-methyl/N-ethyl adjacent to an activating group) is 1. The molecule has 1 aliphatic heterocycles. The number of ether oxygens (including phenoxy) is 1. The van der Waals surface area contributed by atoms with E-state index >= 15 is 0 Å². The normalized spacial score (nSPS) is 18.3. The Hall–Kier alpha value is -2.08. The molecule has 0 unspecified atom stereocenters. The molecule has 1 amide bonds. The van der Waals surface area contributed by atoms with Crippen LogP contribution >= 0.6 is 0 Å². The zero-order chi connectivity index (χ0) is 16.5. The summed E-state index contributed by atoms with van der Waals surface area (Å²) in [5, 5.41) is 6.59. The van der Waals surface area contributed by atoms with E-state index in [-0.39, 0.29) is 5.91 Å². The molecule has 0 saturated carbocycles. The van der Waals surface area contributed by atoms with Crippen molar-refractivity contribution in [3.63, 3.8) is 0 Å². The molecule has 126 valence electrons. The molecule has 1 aromatic carbocycles. The van der Waals surface area contributed by atoms with E-state index in [1.165, 1.54) is 12.6 Å². The molecule has 6 heteroatoms. The van der Waals surface area contributed by atoms with Gasteiger partial charge in [0.2, 0.25) is 0 Å². The van der Waals surface area contributed by atoms with Gasteiger partial charge in [0, 0.05) is 12.6 Å². The average molecular weight is 319 g/mol. The van der Waals surface area contributed by atoms with Gasteiger partial charge in [0.15, 0.2) is 0 Å². The molecule has 1 fully saturated rings. The number of nitrogens with one attached hydrogen (secondary N) is 1. The van der Waals surface area contributed by atoms with Crippen LogP contribution in [-0.2, 0) is 16.2 Å². The summed E-state index contributed by atoms with van der Waals surface area (Å²) in [7, 11) is 1.62. The van der Waals surface area contributed by atoms with Crippen molar-refractivity contribution in [3.05, 3.63) is 29.8 Å². The number of likely N-dealkylation sites (tertiary alicyclic amines) is 1. The van der Waals surface area contributed by atoms with Crippen LogP contribution in [0.1, 0.15) is 25.3 Å². The molecule has 2 rings (SSSR count). The average Bonchev–Trinajstić information content (AvgIpc) is 3.04. The van der Waals surface area contributed by atoms with Crippen LogP contribution in [0, 0.1) is 0 Å². The van der Waals surface area contributed by atoms with Crippen molar-refractivity contribution in [1.29, 1.82) is 0 Å². The van der Waals surface area contributed by atoms with E-state index < -0.39 is 0 Å². The first-order valence-corrected chi connectivity index (χ1v) is 8.03. The molecule has 6 nitrogen and oxygen atoms in total. The molecule has 23 heavy (non-hydrogen) atoms. The highest BCUT2D eigenvalue weighted by molar-refractivity contribution is 6.26. The summed E-state index contributed by atoms with van der Waals surface area (Å²) in [5.41, 5.74) is 0.937. The molecule has 1 atom stereocenters. The summed E-state index contributed by atoms with van der Waals surface area (Å²) in [5.74, 6) is 0.545. The van der Waals surface area contributed by atoms with Crippen LogP contribution < -0.4 is 10.1 Å². The summed E-state index contributed by atoms with van der Waals surface area (Å²) in [4.78, 5) is 19.3. The van der Waals surface area contributed by atoms with E-state index in [9.17, 15) is 4.79 Å². The quantitative estimate of drug-likeness (QED) is 0.586. The molecular weight excluding hydrogens is 294 g/mol. The number of hydrogen-bond acceptors (Lipinski definition) is 5. The number of nitrogens with zero attached hydrogens (tertiary/aromatic N) is 2. The van der Waals surface area contributed by atoms with Crippen molar-refractivity contribution in [3.8, 4) is 5.75 Å². The van der Waals surface area contributed by atoms with Crippen molar-refractivity contribution in [1.82, 2.24) is 10.2 Å². The van der Waals surface area contributed by atoms with E-state index in [0.29, 0.717) is 19.2 Å². The SMILES string of the molecule is CCN1CCC[C@H]1CNC(=O)/C=N/OCc1cccc(OC)c1. The van der Waals surface area contributed by atoms with Gasteiger partial charge >= 0.3 is 0 Å². The zero-order valence-electron chi connectivity index (χ0n) is 13.8. The van der Waals surface area contributed by atoms with E-state index in [4.69, 9.17) is 9.57 Å². The molecule has 1 aliphatic rings. The van der Waals surface area contributed by atoms with E-state index in [1.807, 2.05) is 24.3 Å². The molecule has 1 heterocycles. The first-order chi connectivity index (χ1) is 11.2. The third-order valence-electron chi connectivity index (χ3n) is 4.03. The number of carbonyl (C=O) groups is 1. The van der Waals surface area contributed by atoms with Crippen LogP contribution in [0.25, 0.3) is 0 Å². The molecule has 1 aromatic rings. The predicted molar refractivity (Wildman–Crippen MR) is 89.6 cm³/mol. The van der Waals surface area contributed by atoms with Crippen molar-refractivity contribution >= 4 is 12.1 Å². The monoisotopic (exact) mass is 319 g/mol. The second-order valence-electron chi connectivity index (χ2n) is 5.53. The van der Waals surface area contributed by atoms with Gasteiger partial charge in [0.1, 0.15) is 18.6 Å². The van der Waals surface area contributed by atoms with Crippen LogP contribution in [0.4, 0.5) is 0 Å². The lowest BCUT2D eigenvalue weighted by Crippen LogP contribution is -2.40. The number of benzene rings is 1. The first kappa shape index (κ1) is 17.3. The van der Waals surface area contributed by atoms with Crippen LogP contribution in [0.5, 0.6) is 5.75 Å². The fraction of sp³-hybridized carbons (Fsp3) is 0.529. The maximum atomic E-state index is 11.7. The minimum absolute atomic E-state index is 0.224. The largest absolute Gasteiger partial charge is 0.497 e. The third-order valence-corrected chi connectivity index (χ3v) is 4.03. The first-order valence-electron chi connectivity index (χ1n) is 8.03. The Morgan fingerprint density at radius 3 is 3.17 bits per heavy atom. The third kappa shape index (κ3) is 5.56. The fourth-order valence-electron chi connectivity index (χ4n) is 2.77. The number of rotatable bonds is 8. The highest BCUT2D eigenvalue weighted by Crippen LogP contribution is 2.15. The number of oxime groups is 1. The maximum Gasteiger partial charge on any atom is 0.265 e. The molecule has 0 aliphatic carbocycles. The van der Waals surface area contributed by atoms with Crippen LogP contribution in [-0.4, -0.2) is 49.8 Å². The summed E-state index contributed by atoms with van der Waals surface area (Å²) < 4.78 is 5.14. The fourth-order valence-corrected chi connectivity index (χ4v) is 2.77. The zero-order valence-corrected chi connectivity index (χ0v) is 13.8. The Morgan fingerprint density at radius 2 is 2.39 bits per heavy atom. The smallest absolute Gasteiger partial charge is 0.265 e. The number of amides is 1. The second kappa shape index (κ2) is 9.15. The van der Waals surface area contributed by atoms with E-state index in [2.05, 4.69) is 22.3 Å². The number of hydrogen-bond donors (Lipinski definition) is 1.